The van der Waals surface area contributed by atoms with Crippen LogP contribution in [0.5, 0.6) is 0 Å². The fourth-order valence-corrected chi connectivity index (χ4v) is 2.34. The fraction of sp³-hybridized carbons (Fsp3) is 0.917. The molecule has 1 saturated carbocycles. The average molecular weight is 247 g/mol. The Kier molecular flexibility index (Phi) is 4.62. The summed E-state index contributed by atoms with van der Waals surface area (Å²) in [6, 6.07) is 0.436. The first kappa shape index (κ1) is 13.8. The van der Waals surface area contributed by atoms with Crippen molar-refractivity contribution in [2.45, 2.75) is 45.6 Å². The zero-order valence-electron chi connectivity index (χ0n) is 10.2. The summed E-state index contributed by atoms with van der Waals surface area (Å²) >= 11 is 0. The second-order valence-corrected chi connectivity index (χ2v) is 5.80. The summed E-state index contributed by atoms with van der Waals surface area (Å²) in [6.07, 6.45) is 4.78. The van der Waals surface area contributed by atoms with Crippen LogP contribution in [0.15, 0.2) is 0 Å². The Hall–Kier alpha value is -0.280. The highest BCUT2D eigenvalue weighted by atomic mass is 35.5. The Bertz CT molecular complexity index is 241. The monoisotopic (exact) mass is 246 g/mol. The molecule has 1 amide bonds. The molecule has 0 unspecified atom stereocenters. The van der Waals surface area contributed by atoms with Crippen LogP contribution < -0.4 is 10.6 Å². The van der Waals surface area contributed by atoms with E-state index in [0.29, 0.717) is 11.5 Å². The standard InChI is InChI=1S/C12H22N2O.ClH/c1-12(2)5-3-10(4-6-12)14-11(15)9-7-13-8-9;/h9-10,13H,3-8H2,1-2H3,(H,14,15);1H. The highest BCUT2D eigenvalue weighted by Crippen LogP contribution is 2.35. The van der Waals surface area contributed by atoms with E-state index in [1.807, 2.05) is 0 Å². The summed E-state index contributed by atoms with van der Waals surface area (Å²) in [4.78, 5) is 11.7. The van der Waals surface area contributed by atoms with E-state index in [4.69, 9.17) is 0 Å². The zero-order chi connectivity index (χ0) is 10.9. The molecule has 2 N–H and O–H groups in total. The number of amides is 1. The lowest BCUT2D eigenvalue weighted by atomic mass is 9.75. The molecular formula is C12H23ClN2O. The molecule has 3 nitrogen and oxygen atoms in total. The maximum absolute atomic E-state index is 11.7. The lowest BCUT2D eigenvalue weighted by Crippen LogP contribution is -2.53. The van der Waals surface area contributed by atoms with E-state index in [-0.39, 0.29) is 24.2 Å². The van der Waals surface area contributed by atoms with Gasteiger partial charge in [0.1, 0.15) is 0 Å². The molecule has 0 aromatic carbocycles. The van der Waals surface area contributed by atoms with Crippen LogP contribution in [0, 0.1) is 11.3 Å². The fourth-order valence-electron chi connectivity index (χ4n) is 2.34. The zero-order valence-corrected chi connectivity index (χ0v) is 11.0. The average Bonchev–Trinajstić information content (AvgIpc) is 2.05. The topological polar surface area (TPSA) is 41.1 Å². The minimum atomic E-state index is 0. The van der Waals surface area contributed by atoms with Crippen molar-refractivity contribution in [3.63, 3.8) is 0 Å². The van der Waals surface area contributed by atoms with Gasteiger partial charge < -0.3 is 10.6 Å². The molecule has 0 aromatic heterocycles. The highest BCUT2D eigenvalue weighted by Gasteiger charge is 2.30. The van der Waals surface area contributed by atoms with Gasteiger partial charge in [-0.3, -0.25) is 4.79 Å². The SMILES string of the molecule is CC1(C)CCC(NC(=O)C2CNC2)CC1.Cl. The molecule has 16 heavy (non-hydrogen) atoms. The molecule has 0 atom stereocenters. The third-order valence-corrected chi connectivity index (χ3v) is 3.84. The minimum absolute atomic E-state index is 0. The molecule has 0 bridgehead atoms. The van der Waals surface area contributed by atoms with Crippen molar-refractivity contribution in [1.29, 1.82) is 0 Å². The van der Waals surface area contributed by atoms with E-state index in [9.17, 15) is 4.79 Å². The molecule has 1 aliphatic carbocycles. The summed E-state index contributed by atoms with van der Waals surface area (Å²) in [5, 5.41) is 6.31. The molecule has 1 heterocycles. The van der Waals surface area contributed by atoms with Crippen molar-refractivity contribution in [3.05, 3.63) is 0 Å². The van der Waals surface area contributed by atoms with Gasteiger partial charge in [0.05, 0.1) is 5.92 Å². The molecule has 94 valence electrons. The highest BCUT2D eigenvalue weighted by molar-refractivity contribution is 5.85. The molecule has 4 heteroatoms. The Labute approximate surface area is 104 Å². The van der Waals surface area contributed by atoms with Gasteiger partial charge in [0.15, 0.2) is 0 Å². The Morgan fingerprint density at radius 1 is 1.25 bits per heavy atom. The van der Waals surface area contributed by atoms with Crippen molar-refractivity contribution in [2.75, 3.05) is 13.1 Å². The third kappa shape index (κ3) is 3.36. The summed E-state index contributed by atoms with van der Waals surface area (Å²) in [7, 11) is 0. The van der Waals surface area contributed by atoms with Crippen LogP contribution in [-0.2, 0) is 4.79 Å². The van der Waals surface area contributed by atoms with Crippen LogP contribution in [0.2, 0.25) is 0 Å². The van der Waals surface area contributed by atoms with Crippen LogP contribution >= 0.6 is 12.4 Å². The molecule has 0 radical (unpaired) electrons. The predicted molar refractivity (Wildman–Crippen MR) is 67.8 cm³/mol. The van der Waals surface area contributed by atoms with E-state index >= 15 is 0 Å². The summed E-state index contributed by atoms with van der Waals surface area (Å²) in [5.41, 5.74) is 0.485. The number of hydrogen-bond donors (Lipinski definition) is 2. The van der Waals surface area contributed by atoms with Gasteiger partial charge in [0.2, 0.25) is 5.91 Å². The van der Waals surface area contributed by atoms with Crippen molar-refractivity contribution < 1.29 is 4.79 Å². The number of rotatable bonds is 2. The van der Waals surface area contributed by atoms with E-state index in [0.717, 1.165) is 25.9 Å². The number of nitrogens with one attached hydrogen (secondary N) is 2. The molecule has 2 aliphatic rings. The Morgan fingerprint density at radius 3 is 2.25 bits per heavy atom. The van der Waals surface area contributed by atoms with Crippen molar-refractivity contribution in [1.82, 2.24) is 10.6 Å². The maximum atomic E-state index is 11.7. The summed E-state index contributed by atoms with van der Waals surface area (Å²) < 4.78 is 0. The number of halogens is 1. The van der Waals surface area contributed by atoms with E-state index in [2.05, 4.69) is 24.5 Å². The van der Waals surface area contributed by atoms with Crippen LogP contribution in [0.4, 0.5) is 0 Å². The van der Waals surface area contributed by atoms with Gasteiger partial charge in [-0.2, -0.15) is 0 Å². The number of carbonyl (C=O) groups is 1. The molecule has 0 spiro atoms. The molecule has 1 aliphatic heterocycles. The van der Waals surface area contributed by atoms with Gasteiger partial charge in [0.25, 0.3) is 0 Å². The van der Waals surface area contributed by atoms with Gasteiger partial charge in [-0.1, -0.05) is 13.8 Å². The quantitative estimate of drug-likeness (QED) is 0.779. The first-order chi connectivity index (χ1) is 7.07. The molecule has 0 aromatic rings. The largest absolute Gasteiger partial charge is 0.353 e. The second kappa shape index (κ2) is 5.37. The first-order valence-electron chi connectivity index (χ1n) is 6.08. The first-order valence-corrected chi connectivity index (χ1v) is 6.08. The lowest BCUT2D eigenvalue weighted by Gasteiger charge is -2.36. The number of hydrogen-bond acceptors (Lipinski definition) is 2. The Morgan fingerprint density at radius 2 is 1.81 bits per heavy atom. The maximum Gasteiger partial charge on any atom is 0.225 e. The summed E-state index contributed by atoms with van der Waals surface area (Å²) in [6.45, 7) is 6.37. The number of carbonyl (C=O) groups excluding carboxylic acids is 1. The van der Waals surface area contributed by atoms with E-state index in [1.54, 1.807) is 0 Å². The normalized spacial score (nSPS) is 25.4. The third-order valence-electron chi connectivity index (χ3n) is 3.84. The van der Waals surface area contributed by atoms with Gasteiger partial charge >= 0.3 is 0 Å². The molecule has 2 fully saturated rings. The van der Waals surface area contributed by atoms with Gasteiger partial charge in [-0.15, -0.1) is 12.4 Å². The smallest absolute Gasteiger partial charge is 0.225 e. The molecule has 2 rings (SSSR count). The predicted octanol–water partition coefficient (Wildman–Crippen LogP) is 1.71. The van der Waals surface area contributed by atoms with Crippen molar-refractivity contribution >= 4 is 18.3 Å². The van der Waals surface area contributed by atoms with Gasteiger partial charge in [-0.05, 0) is 31.1 Å². The summed E-state index contributed by atoms with van der Waals surface area (Å²) in [5.74, 6) is 0.499. The van der Waals surface area contributed by atoms with Crippen molar-refractivity contribution in [3.8, 4) is 0 Å². The Balaban J connectivity index is 0.00000128. The van der Waals surface area contributed by atoms with E-state index < -0.39 is 0 Å². The van der Waals surface area contributed by atoms with Crippen molar-refractivity contribution in [2.24, 2.45) is 11.3 Å². The molecule has 1 saturated heterocycles. The molecular weight excluding hydrogens is 224 g/mol. The van der Waals surface area contributed by atoms with Crippen LogP contribution in [-0.4, -0.2) is 25.0 Å². The van der Waals surface area contributed by atoms with Crippen LogP contribution in [0.25, 0.3) is 0 Å². The minimum Gasteiger partial charge on any atom is -0.353 e. The van der Waals surface area contributed by atoms with Crippen LogP contribution in [0.3, 0.4) is 0 Å². The lowest BCUT2D eigenvalue weighted by molar-refractivity contribution is -0.127. The van der Waals surface area contributed by atoms with Crippen LogP contribution in [0.1, 0.15) is 39.5 Å². The van der Waals surface area contributed by atoms with Gasteiger partial charge in [0, 0.05) is 19.1 Å². The van der Waals surface area contributed by atoms with Gasteiger partial charge in [-0.25, -0.2) is 0 Å². The van der Waals surface area contributed by atoms with E-state index in [1.165, 1.54) is 12.8 Å². The second-order valence-electron chi connectivity index (χ2n) is 5.80.